The summed E-state index contributed by atoms with van der Waals surface area (Å²) in [5.74, 6) is 2.36. The van der Waals surface area contributed by atoms with Gasteiger partial charge in [0.25, 0.3) is 0 Å². The number of rotatable bonds is 4. The summed E-state index contributed by atoms with van der Waals surface area (Å²) in [6, 6.07) is -0.338. The second-order valence-electron chi connectivity index (χ2n) is 3.48. The number of anilines is 1. The Morgan fingerprint density at radius 3 is 2.81 bits per heavy atom. The Hall–Kier alpha value is -1.52. The number of nitrogens with two attached hydrogens (primary N) is 1. The monoisotopic (exact) mass is 242 g/mol. The van der Waals surface area contributed by atoms with E-state index in [2.05, 4.69) is 15.7 Å². The molecule has 0 amide bonds. The lowest BCUT2D eigenvalue weighted by molar-refractivity contribution is 0.564. The average molecular weight is 242 g/mol. The van der Waals surface area contributed by atoms with Crippen molar-refractivity contribution in [2.24, 2.45) is 7.05 Å². The minimum absolute atomic E-state index is 0.0251. The molecule has 0 aliphatic carbocycles. The van der Waals surface area contributed by atoms with Crippen LogP contribution in [0.4, 0.5) is 5.82 Å². The molecule has 1 aromatic heterocycles. The maximum absolute atomic E-state index is 11.8. The predicted molar refractivity (Wildman–Crippen MR) is 60.9 cm³/mol. The third kappa shape index (κ3) is 2.74. The molecule has 1 atom stereocenters. The molecule has 1 unspecified atom stereocenters. The number of hydrogen-bond acceptors (Lipinski definition) is 4. The lowest BCUT2D eigenvalue weighted by atomic mass is 10.3. The van der Waals surface area contributed by atoms with Crippen LogP contribution < -0.4 is 10.5 Å². The van der Waals surface area contributed by atoms with Crippen LogP contribution in [0.1, 0.15) is 13.3 Å². The van der Waals surface area contributed by atoms with Gasteiger partial charge in [-0.15, -0.1) is 12.3 Å². The highest BCUT2D eigenvalue weighted by molar-refractivity contribution is 7.89. The van der Waals surface area contributed by atoms with E-state index in [1.54, 1.807) is 14.0 Å². The van der Waals surface area contributed by atoms with Gasteiger partial charge in [-0.1, -0.05) is 0 Å². The number of aryl methyl sites for hydroxylation is 1. The molecule has 1 heterocycles. The second-order valence-corrected chi connectivity index (χ2v) is 5.17. The van der Waals surface area contributed by atoms with E-state index in [4.69, 9.17) is 12.2 Å². The number of nitrogens with one attached hydrogen (secondary N) is 1. The Kier molecular flexibility index (Phi) is 3.57. The lowest BCUT2D eigenvalue weighted by Crippen LogP contribution is -2.32. The summed E-state index contributed by atoms with van der Waals surface area (Å²) in [4.78, 5) is -0.0288. The van der Waals surface area contributed by atoms with Gasteiger partial charge < -0.3 is 5.73 Å². The van der Waals surface area contributed by atoms with E-state index >= 15 is 0 Å². The van der Waals surface area contributed by atoms with Gasteiger partial charge in [0.2, 0.25) is 10.0 Å². The van der Waals surface area contributed by atoms with E-state index < -0.39 is 10.0 Å². The highest BCUT2D eigenvalue weighted by atomic mass is 32.2. The zero-order valence-electron chi connectivity index (χ0n) is 9.14. The van der Waals surface area contributed by atoms with Crippen LogP contribution in [-0.2, 0) is 17.1 Å². The van der Waals surface area contributed by atoms with E-state index in [1.165, 1.54) is 10.9 Å². The fourth-order valence-electron chi connectivity index (χ4n) is 1.24. The van der Waals surface area contributed by atoms with Crippen molar-refractivity contribution in [1.82, 2.24) is 14.5 Å². The molecule has 0 saturated carbocycles. The SMILES string of the molecule is C#CCC(C)NS(=O)(=O)c1cn(C)nc1N. The summed E-state index contributed by atoms with van der Waals surface area (Å²) in [5.41, 5.74) is 5.49. The molecule has 0 aromatic carbocycles. The first-order chi connectivity index (χ1) is 7.36. The van der Waals surface area contributed by atoms with Crippen LogP contribution in [0.15, 0.2) is 11.1 Å². The molecule has 0 fully saturated rings. The zero-order valence-corrected chi connectivity index (χ0v) is 9.95. The Balaban J connectivity index is 2.95. The average Bonchev–Trinajstić information content (AvgIpc) is 2.45. The molecule has 0 radical (unpaired) electrons. The van der Waals surface area contributed by atoms with Crippen molar-refractivity contribution in [2.75, 3.05) is 5.73 Å². The summed E-state index contributed by atoms with van der Waals surface area (Å²) >= 11 is 0. The van der Waals surface area contributed by atoms with Gasteiger partial charge in [0.15, 0.2) is 5.82 Å². The van der Waals surface area contributed by atoms with Crippen molar-refractivity contribution < 1.29 is 8.42 Å². The largest absolute Gasteiger partial charge is 0.381 e. The zero-order chi connectivity index (χ0) is 12.3. The fourth-order valence-corrected chi connectivity index (χ4v) is 2.59. The maximum Gasteiger partial charge on any atom is 0.246 e. The van der Waals surface area contributed by atoms with Gasteiger partial charge in [-0.05, 0) is 6.92 Å². The van der Waals surface area contributed by atoms with Crippen molar-refractivity contribution in [2.45, 2.75) is 24.3 Å². The van der Waals surface area contributed by atoms with Crippen molar-refractivity contribution in [1.29, 1.82) is 0 Å². The molecule has 0 bridgehead atoms. The van der Waals surface area contributed by atoms with Crippen LogP contribution in [0.3, 0.4) is 0 Å². The minimum atomic E-state index is -3.65. The van der Waals surface area contributed by atoms with E-state index in [1.807, 2.05) is 0 Å². The molecular weight excluding hydrogens is 228 g/mol. The van der Waals surface area contributed by atoms with Crippen molar-refractivity contribution in [3.63, 3.8) is 0 Å². The molecule has 16 heavy (non-hydrogen) atoms. The second kappa shape index (κ2) is 4.55. The van der Waals surface area contributed by atoms with Crippen LogP contribution in [0.5, 0.6) is 0 Å². The van der Waals surface area contributed by atoms with Gasteiger partial charge in [-0.3, -0.25) is 4.68 Å². The van der Waals surface area contributed by atoms with Crippen LogP contribution in [0, 0.1) is 12.3 Å². The van der Waals surface area contributed by atoms with Crippen molar-refractivity contribution >= 4 is 15.8 Å². The van der Waals surface area contributed by atoms with Crippen molar-refractivity contribution in [3.05, 3.63) is 6.20 Å². The maximum atomic E-state index is 11.8. The summed E-state index contributed by atoms with van der Waals surface area (Å²) in [6.45, 7) is 1.68. The van der Waals surface area contributed by atoms with Crippen LogP contribution in [0.2, 0.25) is 0 Å². The summed E-state index contributed by atoms with van der Waals surface area (Å²) in [5, 5.41) is 3.77. The summed E-state index contributed by atoms with van der Waals surface area (Å²) in [7, 11) is -2.05. The summed E-state index contributed by atoms with van der Waals surface area (Å²) in [6.07, 6.45) is 6.76. The molecule has 0 aliphatic heterocycles. The molecule has 3 N–H and O–H groups in total. The molecule has 0 spiro atoms. The van der Waals surface area contributed by atoms with Crippen LogP contribution >= 0.6 is 0 Å². The molecule has 1 rings (SSSR count). The van der Waals surface area contributed by atoms with E-state index in [9.17, 15) is 8.42 Å². The smallest absolute Gasteiger partial charge is 0.246 e. The number of nitrogen functional groups attached to an aromatic ring is 1. The first kappa shape index (κ1) is 12.5. The molecule has 0 saturated heterocycles. The lowest BCUT2D eigenvalue weighted by Gasteiger charge is -2.10. The Labute approximate surface area is 94.9 Å². The Bertz CT molecular complexity index is 512. The minimum Gasteiger partial charge on any atom is -0.381 e. The van der Waals surface area contributed by atoms with Crippen LogP contribution in [0.25, 0.3) is 0 Å². The molecular formula is C9H14N4O2S. The van der Waals surface area contributed by atoms with E-state index in [0.29, 0.717) is 6.42 Å². The Morgan fingerprint density at radius 2 is 2.38 bits per heavy atom. The van der Waals surface area contributed by atoms with Gasteiger partial charge >= 0.3 is 0 Å². The third-order valence-corrected chi connectivity index (χ3v) is 3.50. The van der Waals surface area contributed by atoms with Gasteiger partial charge in [-0.25, -0.2) is 13.1 Å². The first-order valence-corrected chi connectivity index (χ1v) is 6.10. The van der Waals surface area contributed by atoms with Gasteiger partial charge in [0.05, 0.1) is 0 Å². The van der Waals surface area contributed by atoms with Gasteiger partial charge in [0.1, 0.15) is 4.90 Å². The van der Waals surface area contributed by atoms with E-state index in [-0.39, 0.29) is 16.8 Å². The number of nitrogens with zero attached hydrogens (tertiary/aromatic N) is 2. The normalized spacial score (nSPS) is 13.3. The third-order valence-electron chi connectivity index (χ3n) is 1.89. The number of sulfonamides is 1. The first-order valence-electron chi connectivity index (χ1n) is 4.61. The van der Waals surface area contributed by atoms with Crippen molar-refractivity contribution in [3.8, 4) is 12.3 Å². The molecule has 0 aliphatic rings. The molecule has 7 heteroatoms. The van der Waals surface area contributed by atoms with E-state index in [0.717, 1.165) is 0 Å². The Morgan fingerprint density at radius 1 is 1.75 bits per heavy atom. The molecule has 6 nitrogen and oxygen atoms in total. The fraction of sp³-hybridized carbons (Fsp3) is 0.444. The highest BCUT2D eigenvalue weighted by Gasteiger charge is 2.22. The van der Waals surface area contributed by atoms with Gasteiger partial charge in [0, 0.05) is 25.7 Å². The number of terminal acetylenes is 1. The highest BCUT2D eigenvalue weighted by Crippen LogP contribution is 2.15. The quantitative estimate of drug-likeness (QED) is 0.709. The molecule has 88 valence electrons. The van der Waals surface area contributed by atoms with Crippen LogP contribution in [-0.4, -0.2) is 24.2 Å². The topological polar surface area (TPSA) is 90.0 Å². The molecule has 1 aromatic rings. The number of aromatic nitrogens is 2. The van der Waals surface area contributed by atoms with Gasteiger partial charge in [-0.2, -0.15) is 5.10 Å². The number of hydrogen-bond donors (Lipinski definition) is 2. The predicted octanol–water partition coefficient (Wildman–Crippen LogP) is -0.308. The standard InChI is InChI=1S/C9H14N4O2S/c1-4-5-7(2)12-16(14,15)8-6-13(3)11-9(8)10/h1,6-7,12H,5H2,2-3H3,(H2,10,11). The summed E-state index contributed by atoms with van der Waals surface area (Å²) < 4.78 is 27.4.